The smallest absolute Gasteiger partial charge is 0.339 e. The number of hydrogen-bond acceptors (Lipinski definition) is 3. The highest BCUT2D eigenvalue weighted by atomic mass is 19.3. The van der Waals surface area contributed by atoms with E-state index < -0.39 is 17.9 Å². The number of aromatic nitrogens is 1. The number of rotatable bonds is 3. The molecule has 1 aromatic rings. The molecule has 0 aromatic carbocycles. The first-order valence-corrected chi connectivity index (χ1v) is 3.59. The Hall–Kier alpha value is -1.07. The van der Waals surface area contributed by atoms with Gasteiger partial charge in [0.25, 0.3) is 0 Å². The quantitative estimate of drug-likeness (QED) is 0.725. The van der Waals surface area contributed by atoms with Crippen molar-refractivity contribution in [3.05, 3.63) is 30.1 Å². The molecule has 5 heteroatoms. The number of aliphatic hydroxyl groups is 1. The van der Waals surface area contributed by atoms with Gasteiger partial charge in [-0.15, -0.1) is 0 Å². The van der Waals surface area contributed by atoms with Gasteiger partial charge in [-0.2, -0.15) is 8.78 Å². The molecule has 1 heterocycles. The van der Waals surface area contributed by atoms with Crippen LogP contribution in [0.15, 0.2) is 24.4 Å². The zero-order chi connectivity index (χ0) is 9.90. The Kier molecular flexibility index (Phi) is 2.90. The summed E-state index contributed by atoms with van der Waals surface area (Å²) in [7, 11) is 1.00. The molecular weight excluding hydrogens is 180 g/mol. The molecule has 1 N–H and O–H groups in total. The number of pyridine rings is 1. The highest BCUT2D eigenvalue weighted by Gasteiger charge is 2.42. The molecule has 0 aliphatic carbocycles. The topological polar surface area (TPSA) is 42.4 Å². The van der Waals surface area contributed by atoms with E-state index in [1.54, 1.807) is 0 Å². The lowest BCUT2D eigenvalue weighted by atomic mass is 10.2. The van der Waals surface area contributed by atoms with Crippen LogP contribution in [0, 0.1) is 0 Å². The molecule has 72 valence electrons. The van der Waals surface area contributed by atoms with Crippen molar-refractivity contribution in [2.75, 3.05) is 7.11 Å². The molecule has 0 aliphatic heterocycles. The van der Waals surface area contributed by atoms with Crippen molar-refractivity contribution < 1.29 is 18.6 Å². The Bertz CT molecular complexity index is 266. The van der Waals surface area contributed by atoms with Gasteiger partial charge in [-0.1, -0.05) is 6.07 Å². The predicted octanol–water partition coefficient (Wildman–Crippen LogP) is 1.14. The number of alkyl halides is 2. The summed E-state index contributed by atoms with van der Waals surface area (Å²) in [5.74, 6) is -3.48. The average molecular weight is 189 g/mol. The Labute approximate surface area is 74.0 Å². The van der Waals surface area contributed by atoms with Crippen molar-refractivity contribution in [3.8, 4) is 0 Å². The van der Waals surface area contributed by atoms with E-state index in [1.165, 1.54) is 18.3 Å². The molecule has 3 nitrogen and oxygen atoms in total. The fourth-order valence-corrected chi connectivity index (χ4v) is 0.834. The van der Waals surface area contributed by atoms with Gasteiger partial charge in [0, 0.05) is 13.3 Å². The Morgan fingerprint density at radius 1 is 1.54 bits per heavy atom. The molecule has 1 rings (SSSR count). The van der Waals surface area contributed by atoms with Crippen LogP contribution < -0.4 is 0 Å². The molecule has 0 spiro atoms. The fraction of sp³-hybridized carbons (Fsp3) is 0.375. The zero-order valence-corrected chi connectivity index (χ0v) is 6.95. The summed E-state index contributed by atoms with van der Waals surface area (Å²) in [5.41, 5.74) is -0.510. The SMILES string of the molecule is COC(O)C(F)(F)c1ccccn1. The van der Waals surface area contributed by atoms with Crippen LogP contribution in [0.3, 0.4) is 0 Å². The molecule has 0 bridgehead atoms. The van der Waals surface area contributed by atoms with Gasteiger partial charge in [0.1, 0.15) is 5.69 Å². The van der Waals surface area contributed by atoms with Crippen molar-refractivity contribution in [2.45, 2.75) is 12.2 Å². The van der Waals surface area contributed by atoms with Crippen molar-refractivity contribution in [1.29, 1.82) is 0 Å². The minimum atomic E-state index is -3.48. The van der Waals surface area contributed by atoms with Crippen molar-refractivity contribution >= 4 is 0 Å². The van der Waals surface area contributed by atoms with E-state index in [-0.39, 0.29) is 0 Å². The predicted molar refractivity (Wildman–Crippen MR) is 41.1 cm³/mol. The van der Waals surface area contributed by atoms with Gasteiger partial charge in [-0.25, -0.2) is 0 Å². The third kappa shape index (κ3) is 1.99. The molecule has 0 fully saturated rings. The van der Waals surface area contributed by atoms with Gasteiger partial charge in [-0.05, 0) is 12.1 Å². The summed E-state index contributed by atoms with van der Waals surface area (Å²) in [5, 5.41) is 8.83. The van der Waals surface area contributed by atoms with Crippen LogP contribution in [0.1, 0.15) is 5.69 Å². The van der Waals surface area contributed by atoms with Crippen LogP contribution in [0.4, 0.5) is 8.78 Å². The minimum Gasteiger partial charge on any atom is -0.363 e. The second-order valence-electron chi connectivity index (χ2n) is 2.43. The number of methoxy groups -OCH3 is 1. The molecule has 0 radical (unpaired) electrons. The van der Waals surface area contributed by atoms with E-state index in [4.69, 9.17) is 5.11 Å². The highest BCUT2D eigenvalue weighted by molar-refractivity contribution is 5.10. The van der Waals surface area contributed by atoms with E-state index in [2.05, 4.69) is 9.72 Å². The van der Waals surface area contributed by atoms with Crippen molar-refractivity contribution in [2.24, 2.45) is 0 Å². The molecule has 1 unspecified atom stereocenters. The van der Waals surface area contributed by atoms with E-state index in [9.17, 15) is 8.78 Å². The monoisotopic (exact) mass is 189 g/mol. The first-order chi connectivity index (χ1) is 6.09. The molecule has 0 saturated carbocycles. The summed E-state index contributed by atoms with van der Waals surface area (Å²) in [6, 6.07) is 4.06. The highest BCUT2D eigenvalue weighted by Crippen LogP contribution is 2.29. The van der Waals surface area contributed by atoms with Gasteiger partial charge >= 0.3 is 5.92 Å². The normalized spacial score (nSPS) is 14.2. The lowest BCUT2D eigenvalue weighted by molar-refractivity contribution is -0.230. The van der Waals surface area contributed by atoms with Gasteiger partial charge in [0.05, 0.1) is 0 Å². The molecule has 0 saturated heterocycles. The van der Waals surface area contributed by atoms with Gasteiger partial charge in [0.15, 0.2) is 0 Å². The fourth-order valence-electron chi connectivity index (χ4n) is 0.834. The van der Waals surface area contributed by atoms with Crippen LogP contribution >= 0.6 is 0 Å². The van der Waals surface area contributed by atoms with E-state index in [1.807, 2.05) is 0 Å². The number of halogens is 2. The minimum absolute atomic E-state index is 0.510. The second kappa shape index (κ2) is 3.76. The first kappa shape index (κ1) is 10.0. The Balaban J connectivity index is 2.93. The van der Waals surface area contributed by atoms with E-state index in [0.717, 1.165) is 13.2 Å². The lowest BCUT2D eigenvalue weighted by Crippen LogP contribution is -2.33. The third-order valence-electron chi connectivity index (χ3n) is 1.54. The second-order valence-corrected chi connectivity index (χ2v) is 2.43. The summed E-state index contributed by atoms with van der Waals surface area (Å²) < 4.78 is 30.4. The van der Waals surface area contributed by atoms with Crippen LogP contribution in [0.25, 0.3) is 0 Å². The standard InChI is InChI=1S/C8H9F2NO2/c1-13-7(12)8(9,10)6-4-2-3-5-11-6/h2-5,7,12H,1H3. The van der Waals surface area contributed by atoms with Crippen molar-refractivity contribution in [3.63, 3.8) is 0 Å². The molecule has 1 atom stereocenters. The van der Waals surface area contributed by atoms with Gasteiger partial charge in [-0.3, -0.25) is 4.98 Å². The largest absolute Gasteiger partial charge is 0.363 e. The van der Waals surface area contributed by atoms with Crippen LogP contribution in [0.5, 0.6) is 0 Å². The maximum absolute atomic E-state index is 13.1. The van der Waals surface area contributed by atoms with E-state index >= 15 is 0 Å². The van der Waals surface area contributed by atoms with Crippen LogP contribution in [-0.2, 0) is 10.7 Å². The average Bonchev–Trinajstić information content (AvgIpc) is 2.18. The molecule has 0 aliphatic rings. The maximum atomic E-state index is 13.1. The number of ether oxygens (including phenoxy) is 1. The summed E-state index contributed by atoms with van der Waals surface area (Å²) in [6.07, 6.45) is -0.937. The summed E-state index contributed by atoms with van der Waals surface area (Å²) >= 11 is 0. The van der Waals surface area contributed by atoms with Crippen LogP contribution in [-0.4, -0.2) is 23.5 Å². The molecule has 1 aromatic heterocycles. The van der Waals surface area contributed by atoms with Gasteiger partial charge < -0.3 is 9.84 Å². The van der Waals surface area contributed by atoms with Crippen LogP contribution in [0.2, 0.25) is 0 Å². The van der Waals surface area contributed by atoms with E-state index in [0.29, 0.717) is 0 Å². The Morgan fingerprint density at radius 3 is 2.69 bits per heavy atom. The first-order valence-electron chi connectivity index (χ1n) is 3.59. The zero-order valence-electron chi connectivity index (χ0n) is 6.95. The Morgan fingerprint density at radius 2 is 2.23 bits per heavy atom. The molecule has 0 amide bonds. The lowest BCUT2D eigenvalue weighted by Gasteiger charge is -2.19. The number of hydrogen-bond donors (Lipinski definition) is 1. The summed E-state index contributed by atoms with van der Waals surface area (Å²) in [6.45, 7) is 0. The molecular formula is C8H9F2NO2. The maximum Gasteiger partial charge on any atom is 0.339 e. The summed E-state index contributed by atoms with van der Waals surface area (Å²) in [4.78, 5) is 3.43. The third-order valence-corrected chi connectivity index (χ3v) is 1.54. The van der Waals surface area contributed by atoms with Crippen molar-refractivity contribution in [1.82, 2.24) is 4.98 Å². The number of nitrogens with zero attached hydrogens (tertiary/aromatic N) is 1. The van der Waals surface area contributed by atoms with Gasteiger partial charge in [0.2, 0.25) is 6.29 Å². The molecule has 13 heavy (non-hydrogen) atoms. The number of aliphatic hydroxyl groups excluding tert-OH is 1.